The predicted molar refractivity (Wildman–Crippen MR) is 161 cm³/mol. The van der Waals surface area contributed by atoms with Crippen molar-refractivity contribution in [3.8, 4) is 28.7 Å². The number of fused-ring (bicyclic) bond motifs is 1. The largest absolute Gasteiger partial charge is 0.480 e. The lowest BCUT2D eigenvalue weighted by Crippen LogP contribution is -2.22. The second-order valence-electron chi connectivity index (χ2n) is 11.6. The van der Waals surface area contributed by atoms with Gasteiger partial charge in [-0.05, 0) is 43.2 Å². The van der Waals surface area contributed by atoms with Crippen molar-refractivity contribution < 1.29 is 17.9 Å². The van der Waals surface area contributed by atoms with Crippen LogP contribution in [0.2, 0.25) is 25.7 Å². The van der Waals surface area contributed by atoms with Gasteiger partial charge in [0.05, 0.1) is 23.4 Å². The van der Waals surface area contributed by atoms with Crippen LogP contribution in [-0.2, 0) is 21.5 Å². The molecule has 0 bridgehead atoms. The Hall–Kier alpha value is -3.94. The van der Waals surface area contributed by atoms with Crippen LogP contribution in [0.4, 0.5) is 0 Å². The maximum Gasteiger partial charge on any atom is 0.269 e. The summed E-state index contributed by atoms with van der Waals surface area (Å²) in [6, 6.07) is 12.9. The zero-order valence-corrected chi connectivity index (χ0v) is 25.9. The van der Waals surface area contributed by atoms with Gasteiger partial charge >= 0.3 is 0 Å². The first-order valence-electron chi connectivity index (χ1n) is 13.9. The second-order valence-corrected chi connectivity index (χ2v) is 19.0. The maximum absolute atomic E-state index is 14.2. The third kappa shape index (κ3) is 5.59. The molecule has 0 radical (unpaired) electrons. The molecule has 1 aromatic carbocycles. The summed E-state index contributed by atoms with van der Waals surface area (Å²) in [6.45, 7) is 7.84. The summed E-state index contributed by atoms with van der Waals surface area (Å²) in [4.78, 5) is 18.3. The number of benzene rings is 1. The van der Waals surface area contributed by atoms with E-state index < -0.39 is 18.1 Å². The van der Waals surface area contributed by atoms with E-state index >= 15 is 0 Å². The Morgan fingerprint density at radius 2 is 1.83 bits per heavy atom. The van der Waals surface area contributed by atoms with Gasteiger partial charge in [-0.25, -0.2) is 37.0 Å². The molecule has 0 saturated heterocycles. The monoisotopic (exact) mass is 603 g/mol. The minimum atomic E-state index is -4.07. The van der Waals surface area contributed by atoms with Crippen LogP contribution in [0.1, 0.15) is 24.5 Å². The molecule has 0 atom stereocenters. The zero-order valence-electron chi connectivity index (χ0n) is 24.1. The normalized spacial score (nSPS) is 14.0. The highest BCUT2D eigenvalue weighted by Gasteiger charge is 2.32. The van der Waals surface area contributed by atoms with Crippen molar-refractivity contribution in [2.45, 2.75) is 56.1 Å². The molecule has 1 aliphatic carbocycles. The smallest absolute Gasteiger partial charge is 0.269 e. The van der Waals surface area contributed by atoms with E-state index in [1.54, 1.807) is 59.5 Å². The minimum Gasteiger partial charge on any atom is -0.480 e. The van der Waals surface area contributed by atoms with Crippen molar-refractivity contribution in [3.63, 3.8) is 0 Å². The van der Waals surface area contributed by atoms with Gasteiger partial charge in [0, 0.05) is 38.4 Å². The number of aromatic nitrogens is 7. The van der Waals surface area contributed by atoms with Crippen molar-refractivity contribution in [1.29, 1.82) is 0 Å². The average Bonchev–Trinajstić information content (AvgIpc) is 3.59. The fourth-order valence-corrected chi connectivity index (χ4v) is 6.97. The summed E-state index contributed by atoms with van der Waals surface area (Å²) in [5.41, 5.74) is 2.46. The van der Waals surface area contributed by atoms with Gasteiger partial charge in [-0.15, -0.1) is 0 Å². The number of rotatable bonds is 11. The summed E-state index contributed by atoms with van der Waals surface area (Å²) in [7, 11) is -3.75. The molecule has 0 amide bonds. The van der Waals surface area contributed by atoms with Crippen LogP contribution >= 0.6 is 0 Å². The third-order valence-electron chi connectivity index (χ3n) is 7.13. The Bertz CT molecular complexity index is 1850. The summed E-state index contributed by atoms with van der Waals surface area (Å²) >= 11 is 0. The van der Waals surface area contributed by atoms with E-state index in [2.05, 4.69) is 39.7 Å². The van der Waals surface area contributed by atoms with Gasteiger partial charge in [-0.2, -0.15) is 5.10 Å². The molecular weight excluding hydrogens is 571 g/mol. The van der Waals surface area contributed by atoms with Gasteiger partial charge in [0.1, 0.15) is 24.3 Å². The lowest BCUT2D eigenvalue weighted by Gasteiger charge is -2.15. The molecule has 0 N–H and O–H groups in total. The Kier molecular flexibility index (Phi) is 7.41. The first kappa shape index (κ1) is 28.2. The molecule has 0 aliphatic heterocycles. The average molecular weight is 604 g/mol. The van der Waals surface area contributed by atoms with Crippen molar-refractivity contribution >= 4 is 29.1 Å². The van der Waals surface area contributed by atoms with Crippen molar-refractivity contribution in [3.05, 3.63) is 66.9 Å². The second kappa shape index (κ2) is 11.0. The van der Waals surface area contributed by atoms with E-state index in [1.165, 1.54) is 17.4 Å². The number of hydrogen-bond acceptors (Lipinski definition) is 9. The molecule has 4 aromatic heterocycles. The van der Waals surface area contributed by atoms with Crippen LogP contribution < -0.4 is 4.74 Å². The Balaban J connectivity index is 1.47. The highest BCUT2D eigenvalue weighted by atomic mass is 32.2. The quantitative estimate of drug-likeness (QED) is 0.148. The predicted octanol–water partition coefficient (Wildman–Crippen LogP) is 5.19. The molecular formula is C29H33N7O4SSi. The van der Waals surface area contributed by atoms with Crippen molar-refractivity contribution in [2.75, 3.05) is 13.7 Å². The van der Waals surface area contributed by atoms with Crippen LogP contribution in [-0.4, -0.2) is 63.9 Å². The molecule has 1 aliphatic rings. The first-order chi connectivity index (χ1) is 20.2. The zero-order chi connectivity index (χ0) is 29.5. The van der Waals surface area contributed by atoms with Crippen molar-refractivity contribution in [2.24, 2.45) is 0 Å². The van der Waals surface area contributed by atoms with Gasteiger partial charge in [-0.3, -0.25) is 0 Å². The van der Waals surface area contributed by atoms with Crippen molar-refractivity contribution in [1.82, 2.24) is 33.7 Å². The van der Waals surface area contributed by atoms with Gasteiger partial charge in [0.25, 0.3) is 10.0 Å². The lowest BCUT2D eigenvalue weighted by molar-refractivity contribution is 0.0787. The third-order valence-corrected chi connectivity index (χ3v) is 10.5. The summed E-state index contributed by atoms with van der Waals surface area (Å²) in [5, 5.41) is 5.21. The maximum atomic E-state index is 14.2. The van der Waals surface area contributed by atoms with E-state index in [0.717, 1.165) is 24.6 Å². The number of methoxy groups -OCH3 is 1. The fourth-order valence-electron chi connectivity index (χ4n) is 4.73. The highest BCUT2D eigenvalue weighted by molar-refractivity contribution is 7.90. The van der Waals surface area contributed by atoms with Gasteiger partial charge < -0.3 is 9.47 Å². The summed E-state index contributed by atoms with van der Waals surface area (Å²) in [6.07, 6.45) is 6.88. The van der Waals surface area contributed by atoms with E-state index in [-0.39, 0.29) is 23.2 Å². The number of hydrogen-bond donors (Lipinski definition) is 0. The van der Waals surface area contributed by atoms with Crippen LogP contribution in [0.5, 0.6) is 5.88 Å². The molecule has 1 saturated carbocycles. The van der Waals surface area contributed by atoms with Gasteiger partial charge in [0.15, 0.2) is 11.5 Å². The molecule has 6 rings (SSSR count). The Morgan fingerprint density at radius 3 is 2.55 bits per heavy atom. The molecule has 1 fully saturated rings. The summed E-state index contributed by atoms with van der Waals surface area (Å²) < 4.78 is 42.7. The van der Waals surface area contributed by atoms with Crippen LogP contribution in [0.25, 0.3) is 33.8 Å². The molecule has 0 unspecified atom stereocenters. The molecule has 218 valence electrons. The molecule has 42 heavy (non-hydrogen) atoms. The van der Waals surface area contributed by atoms with Crippen LogP contribution in [0.15, 0.2) is 66.1 Å². The molecule has 5 aromatic rings. The van der Waals surface area contributed by atoms with Crippen LogP contribution in [0, 0.1) is 0 Å². The molecule has 0 spiro atoms. The van der Waals surface area contributed by atoms with E-state index in [9.17, 15) is 8.42 Å². The van der Waals surface area contributed by atoms with E-state index in [4.69, 9.17) is 14.5 Å². The van der Waals surface area contributed by atoms with Gasteiger partial charge in [-0.1, -0.05) is 37.8 Å². The highest BCUT2D eigenvalue weighted by Crippen LogP contribution is 2.45. The minimum absolute atomic E-state index is 0.136. The molecule has 11 nitrogen and oxygen atoms in total. The van der Waals surface area contributed by atoms with Crippen LogP contribution in [0.3, 0.4) is 0 Å². The lowest BCUT2D eigenvalue weighted by atomic mass is 10.1. The molecule has 4 heterocycles. The van der Waals surface area contributed by atoms with E-state index in [1.807, 2.05) is 0 Å². The number of ether oxygens (including phenoxy) is 2. The SMILES string of the molecule is COc1ncnc(C2CC2)c1-c1ncc2cc(-c3ccn(COCC[Si](C)(C)C)n3)n(S(=O)(=O)c3ccccc3)c2n1. The number of nitrogens with zero attached hydrogens (tertiary/aromatic N) is 7. The fraction of sp³-hybridized carbons (Fsp3) is 0.345. The van der Waals surface area contributed by atoms with Gasteiger partial charge in [0.2, 0.25) is 5.88 Å². The van der Waals surface area contributed by atoms with E-state index in [0.29, 0.717) is 40.6 Å². The summed E-state index contributed by atoms with van der Waals surface area (Å²) in [5.74, 6) is 0.921. The Labute approximate surface area is 245 Å². The topological polar surface area (TPSA) is 127 Å². The molecule has 13 heteroatoms. The standard InChI is InChI=1S/C29H33N7O4SSi/c1-39-29-25(26(20-10-11-20)31-18-32-29)27-30-17-21-16-24(23-12-13-35(34-23)19-40-14-15-42(2,3)4)36(28(21)33-27)41(37,38)22-8-6-5-7-9-22/h5-9,12-13,16-18,20H,10-11,14-15,19H2,1-4H3. The Morgan fingerprint density at radius 1 is 1.05 bits per heavy atom. The first-order valence-corrected chi connectivity index (χ1v) is 19.0.